The molecule has 0 N–H and O–H groups in total. The van der Waals surface area contributed by atoms with Gasteiger partial charge in [-0.3, -0.25) is 0 Å². The second-order valence-corrected chi connectivity index (χ2v) is 6.75. The minimum Gasteiger partial charge on any atom is -0.494 e. The van der Waals surface area contributed by atoms with E-state index in [0.29, 0.717) is 6.61 Å². The van der Waals surface area contributed by atoms with Gasteiger partial charge in [0.15, 0.2) is 0 Å². The minimum absolute atomic E-state index is 0.694. The lowest BCUT2D eigenvalue weighted by molar-refractivity contribution is 0.302. The van der Waals surface area contributed by atoms with Crippen molar-refractivity contribution in [2.24, 2.45) is 0 Å². The summed E-state index contributed by atoms with van der Waals surface area (Å²) in [7, 11) is 0. The molecule has 0 bridgehead atoms. The molecule has 0 unspecified atom stereocenters. The van der Waals surface area contributed by atoms with Crippen molar-refractivity contribution in [3.05, 3.63) is 35.9 Å². The van der Waals surface area contributed by atoms with Gasteiger partial charge in [-0.25, -0.2) is 0 Å². The number of alkyl halides is 1. The molecule has 0 aliphatic rings. The predicted octanol–water partition coefficient (Wildman–Crippen LogP) is 6.76. The highest BCUT2D eigenvalue weighted by Gasteiger charge is 2.08. The second kappa shape index (κ2) is 11.3. The molecule has 0 aliphatic carbocycles. The number of ether oxygens (including phenoxy) is 2. The summed E-state index contributed by atoms with van der Waals surface area (Å²) in [6.07, 6.45) is 8.27. The molecule has 0 aliphatic heterocycles. The molecular formula is C22H31ClO2. The van der Waals surface area contributed by atoms with Gasteiger partial charge < -0.3 is 9.47 Å². The lowest BCUT2D eigenvalue weighted by Crippen LogP contribution is -2.01. The second-order valence-electron chi connectivity index (χ2n) is 6.37. The quantitative estimate of drug-likeness (QED) is 0.306. The van der Waals surface area contributed by atoms with E-state index < -0.39 is 0 Å². The maximum absolute atomic E-state index is 6.09. The number of halogens is 1. The van der Waals surface area contributed by atoms with Gasteiger partial charge in [0, 0.05) is 11.4 Å². The fraction of sp³-hybridized carbons (Fsp3) is 0.545. The molecule has 3 heteroatoms. The van der Waals surface area contributed by atoms with Crippen molar-refractivity contribution in [3.63, 3.8) is 0 Å². The lowest BCUT2D eigenvalue weighted by Gasteiger charge is -2.14. The maximum Gasteiger partial charge on any atom is 0.123 e. The summed E-state index contributed by atoms with van der Waals surface area (Å²) in [6.45, 7) is 5.69. The molecule has 0 radical (unpaired) electrons. The number of rotatable bonds is 12. The molecule has 0 spiro atoms. The Bertz CT molecular complexity index is 639. The Morgan fingerprint density at radius 3 is 2.32 bits per heavy atom. The van der Waals surface area contributed by atoms with Crippen LogP contribution in [-0.2, 0) is 6.42 Å². The molecular weight excluding hydrogens is 332 g/mol. The highest BCUT2D eigenvalue weighted by atomic mass is 35.5. The van der Waals surface area contributed by atoms with Gasteiger partial charge in [-0.05, 0) is 55.2 Å². The van der Waals surface area contributed by atoms with Crippen LogP contribution < -0.4 is 9.47 Å². The number of unbranched alkanes of at least 4 members (excludes halogenated alkanes) is 5. The first-order chi connectivity index (χ1) is 12.3. The Hall–Kier alpha value is -1.41. The fourth-order valence-corrected chi connectivity index (χ4v) is 3.38. The summed E-state index contributed by atoms with van der Waals surface area (Å²) < 4.78 is 11.7. The van der Waals surface area contributed by atoms with Crippen molar-refractivity contribution < 1.29 is 9.47 Å². The van der Waals surface area contributed by atoms with Gasteiger partial charge in [-0.15, -0.1) is 11.6 Å². The zero-order chi connectivity index (χ0) is 17.9. The van der Waals surface area contributed by atoms with Gasteiger partial charge in [0.2, 0.25) is 0 Å². The van der Waals surface area contributed by atoms with Crippen LogP contribution in [0, 0.1) is 0 Å². The number of hydrogen-bond donors (Lipinski definition) is 0. The van der Waals surface area contributed by atoms with Crippen molar-refractivity contribution in [1.29, 1.82) is 0 Å². The normalized spacial score (nSPS) is 11.0. The smallest absolute Gasteiger partial charge is 0.123 e. The third-order valence-corrected chi connectivity index (χ3v) is 4.78. The van der Waals surface area contributed by atoms with E-state index in [1.165, 1.54) is 42.0 Å². The van der Waals surface area contributed by atoms with Crippen LogP contribution >= 0.6 is 11.6 Å². The van der Waals surface area contributed by atoms with E-state index in [2.05, 4.69) is 37.3 Å². The van der Waals surface area contributed by atoms with Gasteiger partial charge >= 0.3 is 0 Å². The van der Waals surface area contributed by atoms with Crippen molar-refractivity contribution >= 4 is 22.4 Å². The largest absolute Gasteiger partial charge is 0.494 e. The van der Waals surface area contributed by atoms with Crippen LogP contribution in [0.2, 0.25) is 0 Å². The SMILES string of the molecule is CCOc1ccc2c(CC)c(OCCCCCCCCCl)ccc2c1. The maximum atomic E-state index is 6.09. The summed E-state index contributed by atoms with van der Waals surface area (Å²) in [5.41, 5.74) is 1.29. The average Bonchev–Trinajstić information content (AvgIpc) is 2.63. The molecule has 2 aromatic carbocycles. The third-order valence-electron chi connectivity index (χ3n) is 4.51. The zero-order valence-electron chi connectivity index (χ0n) is 15.7. The van der Waals surface area contributed by atoms with E-state index in [0.717, 1.165) is 43.2 Å². The van der Waals surface area contributed by atoms with E-state index in [-0.39, 0.29) is 0 Å². The van der Waals surface area contributed by atoms with E-state index >= 15 is 0 Å². The van der Waals surface area contributed by atoms with Gasteiger partial charge in [-0.1, -0.05) is 44.7 Å². The molecule has 0 fully saturated rings. The van der Waals surface area contributed by atoms with Crippen LogP contribution in [0.5, 0.6) is 11.5 Å². The van der Waals surface area contributed by atoms with Crippen molar-refractivity contribution in [1.82, 2.24) is 0 Å². The van der Waals surface area contributed by atoms with Gasteiger partial charge in [-0.2, -0.15) is 0 Å². The summed E-state index contributed by atoms with van der Waals surface area (Å²) in [4.78, 5) is 0. The lowest BCUT2D eigenvalue weighted by atomic mass is 10.0. The predicted molar refractivity (Wildman–Crippen MR) is 108 cm³/mol. The molecule has 2 aromatic rings. The topological polar surface area (TPSA) is 18.5 Å². The Morgan fingerprint density at radius 1 is 0.840 bits per heavy atom. The first kappa shape index (κ1) is 19.9. The number of fused-ring (bicyclic) bond motifs is 1. The highest BCUT2D eigenvalue weighted by Crippen LogP contribution is 2.31. The first-order valence-corrected chi connectivity index (χ1v) is 10.2. The number of hydrogen-bond acceptors (Lipinski definition) is 2. The van der Waals surface area contributed by atoms with Crippen molar-refractivity contribution in [2.75, 3.05) is 19.1 Å². The van der Waals surface area contributed by atoms with E-state index in [1.807, 2.05) is 6.92 Å². The first-order valence-electron chi connectivity index (χ1n) is 9.67. The Morgan fingerprint density at radius 2 is 1.60 bits per heavy atom. The van der Waals surface area contributed by atoms with Crippen LogP contribution in [0.25, 0.3) is 10.8 Å². The fourth-order valence-electron chi connectivity index (χ4n) is 3.19. The van der Waals surface area contributed by atoms with Crippen LogP contribution in [0.4, 0.5) is 0 Å². The van der Waals surface area contributed by atoms with Crippen LogP contribution in [0.3, 0.4) is 0 Å². The van der Waals surface area contributed by atoms with Crippen molar-refractivity contribution in [3.8, 4) is 11.5 Å². The number of benzene rings is 2. The van der Waals surface area contributed by atoms with E-state index in [1.54, 1.807) is 0 Å². The van der Waals surface area contributed by atoms with Gasteiger partial charge in [0.05, 0.1) is 13.2 Å². The third kappa shape index (κ3) is 6.11. The Balaban J connectivity index is 1.91. The summed E-state index contributed by atoms with van der Waals surface area (Å²) in [5, 5.41) is 2.49. The molecule has 2 rings (SSSR count). The van der Waals surface area contributed by atoms with Crippen LogP contribution in [-0.4, -0.2) is 19.1 Å². The molecule has 0 heterocycles. The summed E-state index contributed by atoms with van der Waals surface area (Å²) in [6, 6.07) is 10.6. The van der Waals surface area contributed by atoms with Crippen LogP contribution in [0.15, 0.2) is 30.3 Å². The standard InChI is InChI=1S/C22H31ClO2/c1-3-20-21-13-12-19(24-4-2)17-18(21)11-14-22(20)25-16-10-8-6-5-7-9-15-23/h11-14,17H,3-10,15-16H2,1-2H3. The molecule has 0 aromatic heterocycles. The molecule has 0 atom stereocenters. The molecule has 138 valence electrons. The van der Waals surface area contributed by atoms with Gasteiger partial charge in [0.1, 0.15) is 11.5 Å². The Kier molecular flexibility index (Phi) is 8.96. The molecule has 2 nitrogen and oxygen atoms in total. The highest BCUT2D eigenvalue weighted by molar-refractivity contribution is 6.17. The summed E-state index contributed by atoms with van der Waals surface area (Å²) in [5.74, 6) is 2.75. The molecule has 0 saturated heterocycles. The zero-order valence-corrected chi connectivity index (χ0v) is 16.4. The average molecular weight is 363 g/mol. The molecule has 0 saturated carbocycles. The number of aryl methyl sites for hydroxylation is 1. The Labute approximate surface area is 157 Å². The monoisotopic (exact) mass is 362 g/mol. The van der Waals surface area contributed by atoms with E-state index in [4.69, 9.17) is 21.1 Å². The molecule has 25 heavy (non-hydrogen) atoms. The van der Waals surface area contributed by atoms with Gasteiger partial charge in [0.25, 0.3) is 0 Å². The molecule has 0 amide bonds. The van der Waals surface area contributed by atoms with Crippen molar-refractivity contribution in [2.45, 2.75) is 58.8 Å². The summed E-state index contributed by atoms with van der Waals surface area (Å²) >= 11 is 5.70. The van der Waals surface area contributed by atoms with E-state index in [9.17, 15) is 0 Å². The van der Waals surface area contributed by atoms with Crippen LogP contribution in [0.1, 0.15) is 57.9 Å². The minimum atomic E-state index is 0.694.